The van der Waals surface area contributed by atoms with Crippen molar-refractivity contribution in [3.63, 3.8) is 0 Å². The van der Waals surface area contributed by atoms with E-state index < -0.39 is 15.3 Å². The number of aromatic nitrogens is 2. The number of carbonyl (C=O) groups excluding carboxylic acids is 1. The molecule has 0 aliphatic heterocycles. The molecule has 0 fully saturated rings. The van der Waals surface area contributed by atoms with Crippen molar-refractivity contribution >= 4 is 38.7 Å². The van der Waals surface area contributed by atoms with Gasteiger partial charge in [-0.15, -0.1) is 0 Å². The molecule has 30 heavy (non-hydrogen) atoms. The van der Waals surface area contributed by atoms with Crippen LogP contribution in [0.1, 0.15) is 30.6 Å². The van der Waals surface area contributed by atoms with E-state index >= 15 is 0 Å². The van der Waals surface area contributed by atoms with Gasteiger partial charge in [-0.05, 0) is 30.2 Å². The molecule has 0 radical (unpaired) electrons. The number of unbranched alkanes of at least 4 members (excludes halogenated alkanes) is 1. The molecule has 7 nitrogen and oxygen atoms in total. The Morgan fingerprint density at radius 1 is 1.20 bits per heavy atom. The number of rotatable bonds is 8. The summed E-state index contributed by atoms with van der Waals surface area (Å²) in [4.78, 5) is 19.2. The van der Waals surface area contributed by atoms with Crippen molar-refractivity contribution in [3.8, 4) is 0 Å². The van der Waals surface area contributed by atoms with Crippen molar-refractivity contribution in [2.75, 3.05) is 14.1 Å². The van der Waals surface area contributed by atoms with Crippen LogP contribution < -0.4 is 5.14 Å². The number of hydrogen-bond donors (Lipinski definition) is 1. The van der Waals surface area contributed by atoms with Crippen molar-refractivity contribution in [2.45, 2.75) is 41.6 Å². The van der Waals surface area contributed by atoms with Crippen LogP contribution in [0, 0.1) is 0 Å². The van der Waals surface area contributed by atoms with Crippen molar-refractivity contribution < 1.29 is 13.2 Å². The first-order chi connectivity index (χ1) is 14.2. The Morgan fingerprint density at radius 3 is 2.50 bits per heavy atom. The topological polar surface area (TPSA) is 98.3 Å². The number of primary sulfonamides is 1. The van der Waals surface area contributed by atoms with Gasteiger partial charge in [0.15, 0.2) is 5.16 Å². The molecule has 0 saturated carbocycles. The number of aryl methyl sites for hydroxylation is 1. The van der Waals surface area contributed by atoms with E-state index in [4.69, 9.17) is 5.14 Å². The van der Waals surface area contributed by atoms with Gasteiger partial charge >= 0.3 is 0 Å². The quantitative estimate of drug-likeness (QED) is 0.535. The summed E-state index contributed by atoms with van der Waals surface area (Å²) in [6, 6.07) is 14.3. The Bertz CT molecular complexity index is 1140. The minimum absolute atomic E-state index is 0.0238. The number of sulfonamides is 1. The van der Waals surface area contributed by atoms with Crippen LogP contribution in [-0.2, 0) is 21.4 Å². The van der Waals surface area contributed by atoms with Crippen molar-refractivity contribution in [1.29, 1.82) is 0 Å². The van der Waals surface area contributed by atoms with Gasteiger partial charge in [-0.25, -0.2) is 18.5 Å². The van der Waals surface area contributed by atoms with E-state index in [-0.39, 0.29) is 10.8 Å². The highest BCUT2D eigenvalue weighted by atomic mass is 32.2. The molecule has 1 amide bonds. The molecule has 3 aromatic rings. The van der Waals surface area contributed by atoms with Crippen LogP contribution in [0.2, 0.25) is 0 Å². The second-order valence-corrected chi connectivity index (χ2v) is 9.87. The number of nitrogens with two attached hydrogens (primary N) is 1. The lowest BCUT2D eigenvalue weighted by atomic mass is 10.1. The number of carbonyl (C=O) groups is 1. The molecule has 160 valence electrons. The first kappa shape index (κ1) is 22.3. The zero-order chi connectivity index (χ0) is 21.9. The van der Waals surface area contributed by atoms with Gasteiger partial charge in [0, 0.05) is 20.6 Å². The molecule has 0 saturated heterocycles. The number of nitrogens with zero attached hydrogens (tertiary/aromatic N) is 3. The Balaban J connectivity index is 2.10. The molecule has 1 unspecified atom stereocenters. The SMILES string of the molecule is CCCCn1c(SC(C(=O)N(C)C)c2ccccc2)nc2cc(S(N)(=O)=O)ccc21. The average molecular weight is 447 g/mol. The highest BCUT2D eigenvalue weighted by Gasteiger charge is 2.26. The average Bonchev–Trinajstić information content (AvgIpc) is 3.06. The van der Waals surface area contributed by atoms with Crippen LogP contribution in [0.4, 0.5) is 0 Å². The zero-order valence-corrected chi connectivity index (χ0v) is 18.9. The van der Waals surface area contributed by atoms with Crippen LogP contribution in [0.5, 0.6) is 0 Å². The number of likely N-dealkylation sites (N-methyl/N-ethyl adjacent to an activating group) is 1. The fraction of sp³-hybridized carbons (Fsp3) is 0.333. The molecule has 9 heteroatoms. The van der Waals surface area contributed by atoms with Gasteiger partial charge in [-0.2, -0.15) is 0 Å². The van der Waals surface area contributed by atoms with Gasteiger partial charge in [0.25, 0.3) is 0 Å². The van der Waals surface area contributed by atoms with Crippen LogP contribution in [-0.4, -0.2) is 42.9 Å². The highest BCUT2D eigenvalue weighted by molar-refractivity contribution is 8.00. The molecular weight excluding hydrogens is 420 g/mol. The highest BCUT2D eigenvalue weighted by Crippen LogP contribution is 2.38. The molecule has 1 aromatic heterocycles. The number of fused-ring (bicyclic) bond motifs is 1. The molecule has 3 rings (SSSR count). The van der Waals surface area contributed by atoms with E-state index in [9.17, 15) is 13.2 Å². The minimum Gasteiger partial charge on any atom is -0.348 e. The van der Waals surface area contributed by atoms with Crippen molar-refractivity contribution in [1.82, 2.24) is 14.5 Å². The molecule has 1 heterocycles. The standard InChI is InChI=1S/C21H26N4O3S2/c1-4-5-13-25-18-12-11-16(30(22,27)28)14-17(18)23-21(25)29-19(20(26)24(2)3)15-9-7-6-8-10-15/h6-12,14,19H,4-5,13H2,1-3H3,(H2,22,27,28). The maximum Gasteiger partial charge on any atom is 0.240 e. The summed E-state index contributed by atoms with van der Waals surface area (Å²) in [7, 11) is -0.356. The largest absolute Gasteiger partial charge is 0.348 e. The maximum absolute atomic E-state index is 12.9. The lowest BCUT2D eigenvalue weighted by molar-refractivity contribution is -0.128. The molecular formula is C21H26N4O3S2. The van der Waals surface area contributed by atoms with Gasteiger partial charge in [0.2, 0.25) is 15.9 Å². The molecule has 2 aromatic carbocycles. The van der Waals surface area contributed by atoms with E-state index in [1.54, 1.807) is 25.1 Å². The van der Waals surface area contributed by atoms with E-state index in [2.05, 4.69) is 16.5 Å². The van der Waals surface area contributed by atoms with Gasteiger partial charge in [0.1, 0.15) is 5.25 Å². The Hall–Kier alpha value is -2.36. The van der Waals surface area contributed by atoms with E-state index in [1.165, 1.54) is 23.9 Å². The third-order valence-corrected chi connectivity index (χ3v) is 6.88. The van der Waals surface area contributed by atoms with Gasteiger partial charge in [0.05, 0.1) is 15.9 Å². The predicted molar refractivity (Wildman–Crippen MR) is 120 cm³/mol. The first-order valence-corrected chi connectivity index (χ1v) is 12.1. The summed E-state index contributed by atoms with van der Waals surface area (Å²) in [6.07, 6.45) is 1.94. The van der Waals surface area contributed by atoms with Crippen LogP contribution in [0.3, 0.4) is 0 Å². The lowest BCUT2D eigenvalue weighted by Crippen LogP contribution is -2.27. The molecule has 0 aliphatic rings. The Kier molecular flexibility index (Phi) is 6.84. The second kappa shape index (κ2) is 9.20. The van der Waals surface area contributed by atoms with E-state index in [0.29, 0.717) is 10.7 Å². The number of amides is 1. The number of hydrogen-bond acceptors (Lipinski definition) is 5. The molecule has 0 spiro atoms. The maximum atomic E-state index is 12.9. The second-order valence-electron chi connectivity index (χ2n) is 7.24. The summed E-state index contributed by atoms with van der Waals surface area (Å²) < 4.78 is 25.6. The van der Waals surface area contributed by atoms with Crippen molar-refractivity contribution in [2.24, 2.45) is 5.14 Å². The fourth-order valence-electron chi connectivity index (χ4n) is 3.12. The fourth-order valence-corrected chi connectivity index (χ4v) is 4.93. The Labute approximate surface area is 181 Å². The van der Waals surface area contributed by atoms with Gasteiger partial charge in [-0.3, -0.25) is 4.79 Å². The first-order valence-electron chi connectivity index (χ1n) is 9.68. The predicted octanol–water partition coefficient (Wildman–Crippen LogP) is 3.41. The smallest absolute Gasteiger partial charge is 0.240 e. The molecule has 0 aliphatic carbocycles. The zero-order valence-electron chi connectivity index (χ0n) is 17.3. The number of thioether (sulfide) groups is 1. The van der Waals surface area contributed by atoms with Crippen molar-refractivity contribution in [3.05, 3.63) is 54.1 Å². The normalized spacial score (nSPS) is 12.8. The molecule has 0 bridgehead atoms. The Morgan fingerprint density at radius 2 is 1.90 bits per heavy atom. The summed E-state index contributed by atoms with van der Waals surface area (Å²) in [5.74, 6) is -0.0366. The number of imidazole rings is 1. The van der Waals surface area contributed by atoms with Crippen LogP contribution >= 0.6 is 11.8 Å². The third kappa shape index (κ3) is 4.85. The summed E-state index contributed by atoms with van der Waals surface area (Å²) >= 11 is 1.37. The third-order valence-electron chi connectivity index (χ3n) is 4.74. The number of benzene rings is 2. The summed E-state index contributed by atoms with van der Waals surface area (Å²) in [5.41, 5.74) is 2.26. The van der Waals surface area contributed by atoms with Gasteiger partial charge in [-0.1, -0.05) is 55.4 Å². The van der Waals surface area contributed by atoms with E-state index in [0.717, 1.165) is 30.5 Å². The van der Waals surface area contributed by atoms with Gasteiger partial charge < -0.3 is 9.47 Å². The molecule has 2 N–H and O–H groups in total. The van der Waals surface area contributed by atoms with Crippen LogP contribution in [0.15, 0.2) is 58.6 Å². The minimum atomic E-state index is -3.82. The van der Waals surface area contributed by atoms with Crippen LogP contribution in [0.25, 0.3) is 11.0 Å². The van der Waals surface area contributed by atoms with E-state index in [1.807, 2.05) is 30.3 Å². The summed E-state index contributed by atoms with van der Waals surface area (Å²) in [5, 5.41) is 5.50. The molecule has 1 atom stereocenters. The summed E-state index contributed by atoms with van der Waals surface area (Å²) in [6.45, 7) is 2.83. The lowest BCUT2D eigenvalue weighted by Gasteiger charge is -2.20. The monoisotopic (exact) mass is 446 g/mol.